The zero-order valence-electron chi connectivity index (χ0n) is 10.1. The minimum atomic E-state index is -0.896. The number of aromatic carboxylic acids is 1. The Balaban J connectivity index is 2.13. The average molecular weight is 263 g/mol. The number of carboxylic acids is 1. The van der Waals surface area contributed by atoms with Crippen molar-refractivity contribution in [3.8, 4) is 0 Å². The predicted octanol–water partition coefficient (Wildman–Crippen LogP) is 3.28. The van der Waals surface area contributed by atoms with Gasteiger partial charge in [-0.2, -0.15) is 0 Å². The third-order valence-corrected chi connectivity index (χ3v) is 3.66. The molecule has 94 valence electrons. The minimum absolute atomic E-state index is 0.344. The standard InChI is InChI=1S/C13H13NO3S/c1-8-3-4-10(5-11(8)13(15)16)18-6-12-9(2)17-7-14-12/h3-5,7H,6H2,1-2H3,(H,15,16). The highest BCUT2D eigenvalue weighted by atomic mass is 32.2. The fourth-order valence-electron chi connectivity index (χ4n) is 1.54. The number of aryl methyl sites for hydroxylation is 2. The Morgan fingerprint density at radius 1 is 1.44 bits per heavy atom. The number of hydrogen-bond acceptors (Lipinski definition) is 4. The highest BCUT2D eigenvalue weighted by Crippen LogP contribution is 2.25. The van der Waals surface area contributed by atoms with Crippen molar-refractivity contribution < 1.29 is 14.3 Å². The van der Waals surface area contributed by atoms with E-state index in [0.717, 1.165) is 21.9 Å². The van der Waals surface area contributed by atoms with Gasteiger partial charge in [0.05, 0.1) is 11.3 Å². The van der Waals surface area contributed by atoms with E-state index in [1.807, 2.05) is 19.1 Å². The molecule has 0 atom stereocenters. The highest BCUT2D eigenvalue weighted by molar-refractivity contribution is 7.98. The summed E-state index contributed by atoms with van der Waals surface area (Å²) in [5.41, 5.74) is 2.00. The summed E-state index contributed by atoms with van der Waals surface area (Å²) < 4.78 is 5.12. The number of aromatic nitrogens is 1. The van der Waals surface area contributed by atoms with Gasteiger partial charge in [-0.25, -0.2) is 9.78 Å². The van der Waals surface area contributed by atoms with Crippen molar-refractivity contribution in [1.82, 2.24) is 4.98 Å². The third-order valence-electron chi connectivity index (χ3n) is 2.66. The van der Waals surface area contributed by atoms with Crippen molar-refractivity contribution in [1.29, 1.82) is 0 Å². The number of carbonyl (C=O) groups is 1. The van der Waals surface area contributed by atoms with Crippen LogP contribution in [0.2, 0.25) is 0 Å². The van der Waals surface area contributed by atoms with Crippen LogP contribution in [0.4, 0.5) is 0 Å². The molecule has 1 N–H and O–H groups in total. The van der Waals surface area contributed by atoms with E-state index in [0.29, 0.717) is 11.3 Å². The van der Waals surface area contributed by atoms with Crippen molar-refractivity contribution in [3.05, 3.63) is 47.2 Å². The molecule has 1 heterocycles. The van der Waals surface area contributed by atoms with Crippen LogP contribution in [-0.4, -0.2) is 16.1 Å². The lowest BCUT2D eigenvalue weighted by Crippen LogP contribution is -1.99. The van der Waals surface area contributed by atoms with Crippen molar-refractivity contribution in [2.75, 3.05) is 0 Å². The Morgan fingerprint density at radius 2 is 2.22 bits per heavy atom. The second-order valence-electron chi connectivity index (χ2n) is 3.93. The lowest BCUT2D eigenvalue weighted by molar-refractivity contribution is 0.0696. The summed E-state index contributed by atoms with van der Waals surface area (Å²) in [5.74, 6) is 0.574. The van der Waals surface area contributed by atoms with Crippen molar-refractivity contribution >= 4 is 17.7 Å². The van der Waals surface area contributed by atoms with Gasteiger partial charge in [0.25, 0.3) is 0 Å². The Labute approximate surface area is 109 Å². The molecule has 0 aliphatic heterocycles. The van der Waals surface area contributed by atoms with E-state index < -0.39 is 5.97 Å². The maximum Gasteiger partial charge on any atom is 0.335 e. The van der Waals surface area contributed by atoms with Gasteiger partial charge >= 0.3 is 5.97 Å². The maximum atomic E-state index is 11.0. The number of thioether (sulfide) groups is 1. The molecule has 0 saturated heterocycles. The molecular formula is C13H13NO3S. The number of oxazole rings is 1. The van der Waals surface area contributed by atoms with Crippen LogP contribution in [0.15, 0.2) is 33.9 Å². The molecule has 0 aliphatic rings. The fraction of sp³-hybridized carbons (Fsp3) is 0.231. The van der Waals surface area contributed by atoms with Gasteiger partial charge < -0.3 is 9.52 Å². The largest absolute Gasteiger partial charge is 0.478 e. The summed E-state index contributed by atoms with van der Waals surface area (Å²) in [7, 11) is 0. The maximum absolute atomic E-state index is 11.0. The monoisotopic (exact) mass is 263 g/mol. The Kier molecular flexibility index (Phi) is 3.72. The first-order chi connectivity index (χ1) is 8.58. The molecule has 0 bridgehead atoms. The second-order valence-corrected chi connectivity index (χ2v) is 4.97. The first-order valence-electron chi connectivity index (χ1n) is 5.43. The number of rotatable bonds is 4. The topological polar surface area (TPSA) is 63.3 Å². The molecule has 0 amide bonds. The van der Waals surface area contributed by atoms with E-state index >= 15 is 0 Å². The Morgan fingerprint density at radius 3 is 2.83 bits per heavy atom. The van der Waals surface area contributed by atoms with Crippen LogP contribution in [0.1, 0.15) is 27.4 Å². The molecule has 0 aliphatic carbocycles. The van der Waals surface area contributed by atoms with Gasteiger partial charge in [0.15, 0.2) is 6.39 Å². The number of carboxylic acid groups (broad SMARTS) is 1. The summed E-state index contributed by atoms with van der Waals surface area (Å²) in [4.78, 5) is 16.0. The lowest BCUT2D eigenvalue weighted by Gasteiger charge is -2.04. The summed E-state index contributed by atoms with van der Waals surface area (Å²) >= 11 is 1.55. The van der Waals surface area contributed by atoms with Gasteiger partial charge in [0.2, 0.25) is 0 Å². The van der Waals surface area contributed by atoms with E-state index in [1.165, 1.54) is 6.39 Å². The first-order valence-corrected chi connectivity index (χ1v) is 6.42. The predicted molar refractivity (Wildman–Crippen MR) is 68.9 cm³/mol. The van der Waals surface area contributed by atoms with Crippen LogP contribution in [0, 0.1) is 13.8 Å². The highest BCUT2D eigenvalue weighted by Gasteiger charge is 2.09. The molecule has 0 spiro atoms. The molecule has 2 rings (SSSR count). The van der Waals surface area contributed by atoms with E-state index in [-0.39, 0.29) is 0 Å². The molecule has 18 heavy (non-hydrogen) atoms. The van der Waals surface area contributed by atoms with E-state index in [2.05, 4.69) is 4.98 Å². The summed E-state index contributed by atoms with van der Waals surface area (Å²) in [6.45, 7) is 3.65. The van der Waals surface area contributed by atoms with Crippen molar-refractivity contribution in [2.45, 2.75) is 24.5 Å². The normalized spacial score (nSPS) is 10.6. The molecule has 0 radical (unpaired) electrons. The molecule has 0 fully saturated rings. The van der Waals surface area contributed by atoms with Gasteiger partial charge in [-0.05, 0) is 31.5 Å². The Bertz CT molecular complexity index is 577. The van der Waals surface area contributed by atoms with Crippen LogP contribution in [-0.2, 0) is 5.75 Å². The van der Waals surface area contributed by atoms with E-state index in [4.69, 9.17) is 9.52 Å². The number of benzene rings is 1. The van der Waals surface area contributed by atoms with Gasteiger partial charge in [-0.3, -0.25) is 0 Å². The molecule has 5 heteroatoms. The molecule has 1 aromatic carbocycles. The van der Waals surface area contributed by atoms with Crippen LogP contribution in [0.25, 0.3) is 0 Å². The number of nitrogens with zero attached hydrogens (tertiary/aromatic N) is 1. The third kappa shape index (κ3) is 2.73. The zero-order valence-corrected chi connectivity index (χ0v) is 11.0. The summed E-state index contributed by atoms with van der Waals surface area (Å²) in [6.07, 6.45) is 1.42. The molecule has 0 saturated carbocycles. The second kappa shape index (κ2) is 5.27. The minimum Gasteiger partial charge on any atom is -0.478 e. The molecule has 1 aromatic heterocycles. The van der Waals surface area contributed by atoms with Gasteiger partial charge in [0, 0.05) is 10.6 Å². The van der Waals surface area contributed by atoms with E-state index in [9.17, 15) is 4.79 Å². The lowest BCUT2D eigenvalue weighted by atomic mass is 10.1. The van der Waals surface area contributed by atoms with Gasteiger partial charge in [-0.15, -0.1) is 11.8 Å². The Hall–Kier alpha value is -1.75. The van der Waals surface area contributed by atoms with Crippen molar-refractivity contribution in [2.24, 2.45) is 0 Å². The van der Waals surface area contributed by atoms with Crippen LogP contribution >= 0.6 is 11.8 Å². The molecular weight excluding hydrogens is 250 g/mol. The molecule has 4 nitrogen and oxygen atoms in total. The molecule has 2 aromatic rings. The zero-order chi connectivity index (χ0) is 13.1. The van der Waals surface area contributed by atoms with E-state index in [1.54, 1.807) is 24.8 Å². The van der Waals surface area contributed by atoms with Gasteiger partial charge in [-0.1, -0.05) is 6.07 Å². The fourth-order valence-corrected chi connectivity index (χ4v) is 2.49. The molecule has 0 unspecified atom stereocenters. The summed E-state index contributed by atoms with van der Waals surface area (Å²) in [6, 6.07) is 5.43. The average Bonchev–Trinajstić information content (AvgIpc) is 2.73. The van der Waals surface area contributed by atoms with Gasteiger partial charge in [0.1, 0.15) is 5.76 Å². The quantitative estimate of drug-likeness (QED) is 0.857. The van der Waals surface area contributed by atoms with Crippen LogP contribution in [0.3, 0.4) is 0 Å². The SMILES string of the molecule is Cc1ccc(SCc2ncoc2C)cc1C(=O)O. The van der Waals surface area contributed by atoms with Crippen LogP contribution in [0.5, 0.6) is 0 Å². The number of hydrogen-bond donors (Lipinski definition) is 1. The first kappa shape index (κ1) is 12.7. The summed E-state index contributed by atoms with van der Waals surface area (Å²) in [5, 5.41) is 9.05. The van der Waals surface area contributed by atoms with Crippen LogP contribution < -0.4 is 0 Å². The van der Waals surface area contributed by atoms with Crippen molar-refractivity contribution in [3.63, 3.8) is 0 Å². The smallest absolute Gasteiger partial charge is 0.335 e.